The number of fused-ring (bicyclic) bond motifs is 1. The zero-order chi connectivity index (χ0) is 20.5. The topological polar surface area (TPSA) is 65.2 Å². The molecule has 0 radical (unpaired) electrons. The van der Waals surface area contributed by atoms with E-state index in [1.807, 2.05) is 24.5 Å². The maximum absolute atomic E-state index is 12.9. The number of carbonyl (C=O) groups excluding carboxylic acids is 2. The number of hydrogen-bond donors (Lipinski definition) is 2. The highest BCUT2D eigenvalue weighted by Crippen LogP contribution is 2.41. The molecule has 5 heteroatoms. The average Bonchev–Trinajstić information content (AvgIpc) is 3.57. The van der Waals surface area contributed by atoms with Gasteiger partial charge in [0.15, 0.2) is 5.78 Å². The molecule has 1 amide bonds. The van der Waals surface area contributed by atoms with E-state index >= 15 is 0 Å². The summed E-state index contributed by atoms with van der Waals surface area (Å²) in [6.07, 6.45) is 15.1. The number of amides is 1. The van der Waals surface area contributed by atoms with Crippen LogP contribution in [0.15, 0.2) is 24.5 Å². The van der Waals surface area contributed by atoms with Gasteiger partial charge in [-0.2, -0.15) is 0 Å². The number of piperidine rings is 1. The highest BCUT2D eigenvalue weighted by molar-refractivity contribution is 6.12. The second kappa shape index (κ2) is 9.56. The molecule has 168 valence electrons. The number of aromatic nitrogens is 1. The number of ketones is 1. The zero-order valence-corrected chi connectivity index (χ0v) is 17.8. The minimum absolute atomic E-state index is 0. The van der Waals surface area contributed by atoms with Gasteiger partial charge < -0.3 is 10.3 Å². The van der Waals surface area contributed by atoms with E-state index in [1.54, 1.807) is 0 Å². The predicted octanol–water partition coefficient (Wildman–Crippen LogP) is 5.58. The van der Waals surface area contributed by atoms with E-state index in [4.69, 9.17) is 0 Å². The lowest BCUT2D eigenvalue weighted by Crippen LogP contribution is -2.41. The molecule has 3 aliphatic carbocycles. The van der Waals surface area contributed by atoms with Crippen LogP contribution in [-0.4, -0.2) is 41.2 Å². The van der Waals surface area contributed by atoms with Gasteiger partial charge in [-0.1, -0.05) is 39.5 Å². The van der Waals surface area contributed by atoms with Crippen LogP contribution in [0.1, 0.15) is 75.6 Å². The third-order valence-electron chi connectivity index (χ3n) is 7.53. The third-order valence-corrected chi connectivity index (χ3v) is 7.53. The quantitative estimate of drug-likeness (QED) is 0.596. The number of carbonyl (C=O) groups is 2. The molecule has 2 saturated carbocycles. The molecule has 0 spiro atoms. The molecule has 0 unspecified atom stereocenters. The Morgan fingerprint density at radius 3 is 2.42 bits per heavy atom. The molecular weight excluding hydrogens is 386 g/mol. The van der Waals surface area contributed by atoms with Gasteiger partial charge in [-0.05, 0) is 68.3 Å². The van der Waals surface area contributed by atoms with Crippen molar-refractivity contribution in [3.8, 4) is 11.1 Å². The van der Waals surface area contributed by atoms with Crippen LogP contribution in [0.5, 0.6) is 0 Å². The first-order valence-electron chi connectivity index (χ1n) is 11.8. The van der Waals surface area contributed by atoms with E-state index in [0.717, 1.165) is 48.9 Å². The fourth-order valence-corrected chi connectivity index (χ4v) is 5.62. The normalized spacial score (nSPS) is 21.0. The van der Waals surface area contributed by atoms with Crippen molar-refractivity contribution in [3.63, 3.8) is 0 Å². The third kappa shape index (κ3) is 4.87. The summed E-state index contributed by atoms with van der Waals surface area (Å²) in [6.45, 7) is 2.44. The summed E-state index contributed by atoms with van der Waals surface area (Å²) in [5.41, 5.74) is 3.30. The summed E-state index contributed by atoms with van der Waals surface area (Å²) >= 11 is 0. The molecule has 5 rings (SSSR count). The first kappa shape index (κ1) is 22.1. The first-order chi connectivity index (χ1) is 14.7. The Morgan fingerprint density at radius 1 is 1.00 bits per heavy atom. The summed E-state index contributed by atoms with van der Waals surface area (Å²) in [7, 11) is 0. The Balaban J connectivity index is 0.00000231. The molecule has 0 atom stereocenters. The number of aromatic amines is 1. The second-order valence-corrected chi connectivity index (χ2v) is 9.64. The van der Waals surface area contributed by atoms with E-state index in [9.17, 15) is 9.59 Å². The van der Waals surface area contributed by atoms with Gasteiger partial charge in [-0.3, -0.25) is 14.5 Å². The van der Waals surface area contributed by atoms with E-state index in [0.29, 0.717) is 17.8 Å². The molecule has 0 bridgehead atoms. The average molecular weight is 424 g/mol. The summed E-state index contributed by atoms with van der Waals surface area (Å²) in [4.78, 5) is 31.1. The van der Waals surface area contributed by atoms with E-state index in [2.05, 4.69) is 15.2 Å². The highest BCUT2D eigenvalue weighted by Gasteiger charge is 2.34. The molecule has 5 aliphatic rings. The van der Waals surface area contributed by atoms with Crippen molar-refractivity contribution >= 4 is 17.4 Å². The van der Waals surface area contributed by atoms with Crippen LogP contribution in [0.25, 0.3) is 11.1 Å². The molecule has 31 heavy (non-hydrogen) atoms. The lowest BCUT2D eigenvalue weighted by atomic mass is 9.76. The molecular formula is C26H37N3O2. The van der Waals surface area contributed by atoms with E-state index in [1.165, 1.54) is 44.9 Å². The molecule has 5 nitrogen and oxygen atoms in total. The summed E-state index contributed by atoms with van der Waals surface area (Å²) < 4.78 is 0. The van der Waals surface area contributed by atoms with Gasteiger partial charge in [0.2, 0.25) is 5.91 Å². The number of rotatable bonds is 6. The number of hydrogen-bond acceptors (Lipinski definition) is 3. The van der Waals surface area contributed by atoms with E-state index < -0.39 is 0 Å². The van der Waals surface area contributed by atoms with Crippen LogP contribution in [0, 0.1) is 17.8 Å². The van der Waals surface area contributed by atoms with Gasteiger partial charge in [-0.15, -0.1) is 0 Å². The molecule has 0 aromatic heterocycles. The van der Waals surface area contributed by atoms with Gasteiger partial charge in [0.25, 0.3) is 0 Å². The number of likely N-dealkylation sites (tertiary alicyclic amines) is 1. The lowest BCUT2D eigenvalue weighted by molar-refractivity contribution is -0.117. The molecule has 3 fully saturated rings. The molecule has 2 heterocycles. The molecule has 0 aromatic rings. The van der Waals surface area contributed by atoms with Crippen molar-refractivity contribution in [1.82, 2.24) is 9.88 Å². The Hall–Kier alpha value is -2.14. The van der Waals surface area contributed by atoms with Gasteiger partial charge in [-0.25, -0.2) is 0 Å². The lowest BCUT2D eigenvalue weighted by Gasteiger charge is -2.37. The van der Waals surface area contributed by atoms with Crippen molar-refractivity contribution in [1.29, 1.82) is 0 Å². The largest absolute Gasteiger partial charge is 0.367 e. The minimum Gasteiger partial charge on any atom is -0.367 e. The van der Waals surface area contributed by atoms with Gasteiger partial charge in [0.1, 0.15) is 0 Å². The summed E-state index contributed by atoms with van der Waals surface area (Å²) in [6, 6.07) is 3.90. The van der Waals surface area contributed by atoms with Gasteiger partial charge in [0.05, 0.1) is 12.2 Å². The monoisotopic (exact) mass is 423 g/mol. The Morgan fingerprint density at radius 2 is 1.71 bits per heavy atom. The zero-order valence-electron chi connectivity index (χ0n) is 17.8. The van der Waals surface area contributed by atoms with Crippen molar-refractivity contribution < 1.29 is 9.59 Å². The van der Waals surface area contributed by atoms with Crippen molar-refractivity contribution in [2.75, 3.05) is 25.0 Å². The van der Waals surface area contributed by atoms with Crippen LogP contribution in [-0.2, 0) is 4.79 Å². The Kier molecular flexibility index (Phi) is 6.80. The molecule has 1 saturated heterocycles. The predicted molar refractivity (Wildman–Crippen MR) is 126 cm³/mol. The fourth-order valence-electron chi connectivity index (χ4n) is 5.62. The SMILES string of the molecule is C.O=C(CN1CCC(C2CCCCC2)CC1)Nc1c(C(=O)C2CC2)cc2cc[nH]cc1-2. The fraction of sp³-hybridized carbons (Fsp3) is 0.615. The van der Waals surface area contributed by atoms with Crippen LogP contribution in [0.3, 0.4) is 0 Å². The highest BCUT2D eigenvalue weighted by atomic mass is 16.2. The number of H-pyrrole nitrogens is 1. The van der Waals surface area contributed by atoms with Gasteiger partial charge >= 0.3 is 0 Å². The smallest absolute Gasteiger partial charge is 0.238 e. The number of nitrogens with zero attached hydrogens (tertiary/aromatic N) is 1. The van der Waals surface area contributed by atoms with Crippen molar-refractivity contribution in [2.24, 2.45) is 17.8 Å². The Labute approximate surface area is 186 Å². The standard InChI is InChI=1S/C25H33N3O2.CH4/c29-23(16-28-12-9-18(10-13-28)17-4-2-1-3-5-17)27-24-21(25(30)19-6-7-19)14-20-8-11-26-15-22(20)24;/h8,11,14-15,17-19,26H,1-7,9-10,12-13,16H2,(H,27,29);1H4. The number of Topliss-reactive ketones (excluding diaryl/α,β-unsaturated/α-hetero) is 1. The number of anilines is 1. The second-order valence-electron chi connectivity index (χ2n) is 9.64. The van der Waals surface area contributed by atoms with E-state index in [-0.39, 0.29) is 25.0 Å². The minimum atomic E-state index is -0.00711. The summed E-state index contributed by atoms with van der Waals surface area (Å²) in [5, 5.41) is 3.10. The molecule has 2 N–H and O–H groups in total. The van der Waals surface area contributed by atoms with Crippen molar-refractivity contribution in [3.05, 3.63) is 30.1 Å². The first-order valence-corrected chi connectivity index (χ1v) is 11.8. The number of nitrogens with one attached hydrogen (secondary N) is 2. The van der Waals surface area contributed by atoms with Gasteiger partial charge in [0, 0.05) is 29.4 Å². The number of pyridine rings is 1. The molecule has 0 aromatic carbocycles. The maximum atomic E-state index is 12.9. The van der Waals surface area contributed by atoms with Crippen molar-refractivity contribution in [2.45, 2.75) is 65.2 Å². The van der Waals surface area contributed by atoms with Crippen LogP contribution >= 0.6 is 0 Å². The Bertz CT molecular complexity index is 871. The van der Waals surface area contributed by atoms with Crippen LogP contribution < -0.4 is 5.32 Å². The van der Waals surface area contributed by atoms with Crippen LogP contribution in [0.2, 0.25) is 0 Å². The van der Waals surface area contributed by atoms with Crippen LogP contribution in [0.4, 0.5) is 5.69 Å². The molecule has 2 aliphatic heterocycles. The maximum Gasteiger partial charge on any atom is 0.238 e. The summed E-state index contributed by atoms with van der Waals surface area (Å²) in [5.74, 6) is 2.07.